The molecule has 2 aromatic carbocycles. The predicted octanol–water partition coefficient (Wildman–Crippen LogP) is 4.30. The van der Waals surface area contributed by atoms with Gasteiger partial charge in [-0.2, -0.15) is 0 Å². The third kappa shape index (κ3) is 3.22. The number of aryl methyl sites for hydroxylation is 1. The van der Waals surface area contributed by atoms with E-state index in [0.29, 0.717) is 0 Å². The molecule has 0 aromatic heterocycles. The summed E-state index contributed by atoms with van der Waals surface area (Å²) in [6.07, 6.45) is 1.17. The van der Waals surface area contributed by atoms with Crippen LogP contribution in [0.4, 0.5) is 0 Å². The van der Waals surface area contributed by atoms with Crippen LogP contribution in [0.1, 0.15) is 29.7 Å². The van der Waals surface area contributed by atoms with Crippen molar-refractivity contribution < 1.29 is 4.74 Å². The highest BCUT2D eigenvalue weighted by Gasteiger charge is 2.23. The Kier molecular flexibility index (Phi) is 4.18. The fourth-order valence-electron chi connectivity index (χ4n) is 2.81. The van der Waals surface area contributed by atoms with Crippen molar-refractivity contribution >= 4 is 11.6 Å². The first kappa shape index (κ1) is 14.4. The van der Waals surface area contributed by atoms with E-state index in [1.54, 1.807) is 0 Å². The smallest absolute Gasteiger partial charge is 0.123 e. The summed E-state index contributed by atoms with van der Waals surface area (Å²) in [5.74, 6) is 1.03. The van der Waals surface area contributed by atoms with E-state index in [4.69, 9.17) is 16.3 Å². The summed E-state index contributed by atoms with van der Waals surface area (Å²) < 4.78 is 5.98. The number of fused-ring (bicyclic) bond motifs is 1. The van der Waals surface area contributed by atoms with Crippen LogP contribution in [0.3, 0.4) is 0 Å². The van der Waals surface area contributed by atoms with E-state index in [0.717, 1.165) is 29.3 Å². The van der Waals surface area contributed by atoms with Crippen molar-refractivity contribution in [3.05, 3.63) is 64.2 Å². The molecule has 0 bridgehead atoms. The van der Waals surface area contributed by atoms with Crippen LogP contribution in [0, 0.1) is 6.92 Å². The highest BCUT2D eigenvalue weighted by atomic mass is 35.5. The van der Waals surface area contributed by atoms with Gasteiger partial charge in [-0.1, -0.05) is 47.5 Å². The minimum atomic E-state index is 0.201. The van der Waals surface area contributed by atoms with Gasteiger partial charge in [0.25, 0.3) is 0 Å². The largest absolute Gasteiger partial charge is 0.488 e. The Morgan fingerprint density at radius 2 is 2.10 bits per heavy atom. The first-order valence-corrected chi connectivity index (χ1v) is 7.75. The standard InChI is InChI=1S/C18H20ClNO/c1-12-7-8-18-14(9-12)10-15(21-18)11-20-13(2)16-5-3-4-6-17(16)19/h3-9,13,15,20H,10-11H2,1-2H3/t13-,15?/m1/s1. The Morgan fingerprint density at radius 1 is 1.29 bits per heavy atom. The summed E-state index contributed by atoms with van der Waals surface area (Å²) in [4.78, 5) is 0. The minimum Gasteiger partial charge on any atom is -0.488 e. The SMILES string of the molecule is Cc1ccc2c(c1)CC(CN[C@H](C)c1ccccc1Cl)O2. The van der Waals surface area contributed by atoms with E-state index < -0.39 is 0 Å². The number of nitrogens with one attached hydrogen (secondary N) is 1. The Morgan fingerprint density at radius 3 is 2.90 bits per heavy atom. The summed E-state index contributed by atoms with van der Waals surface area (Å²) in [7, 11) is 0. The molecule has 0 saturated heterocycles. The second-order valence-electron chi connectivity index (χ2n) is 5.71. The van der Waals surface area contributed by atoms with Gasteiger partial charge in [-0.05, 0) is 37.1 Å². The van der Waals surface area contributed by atoms with E-state index in [-0.39, 0.29) is 12.1 Å². The first-order chi connectivity index (χ1) is 10.1. The van der Waals surface area contributed by atoms with Gasteiger partial charge >= 0.3 is 0 Å². The number of benzene rings is 2. The van der Waals surface area contributed by atoms with Crippen molar-refractivity contribution in [3.8, 4) is 5.75 Å². The van der Waals surface area contributed by atoms with Crippen molar-refractivity contribution in [3.63, 3.8) is 0 Å². The highest BCUT2D eigenvalue weighted by molar-refractivity contribution is 6.31. The molecule has 0 spiro atoms. The van der Waals surface area contributed by atoms with Gasteiger partial charge in [-0.3, -0.25) is 0 Å². The average Bonchev–Trinajstić information content (AvgIpc) is 2.87. The fraction of sp³-hybridized carbons (Fsp3) is 0.333. The molecule has 0 amide bonds. The molecule has 1 N–H and O–H groups in total. The number of rotatable bonds is 4. The third-order valence-electron chi connectivity index (χ3n) is 3.98. The number of ether oxygens (including phenoxy) is 1. The monoisotopic (exact) mass is 301 g/mol. The Hall–Kier alpha value is -1.51. The summed E-state index contributed by atoms with van der Waals surface area (Å²) in [6, 6.07) is 14.6. The van der Waals surface area contributed by atoms with Crippen molar-refractivity contribution in [1.82, 2.24) is 5.32 Å². The van der Waals surface area contributed by atoms with Crippen molar-refractivity contribution in [1.29, 1.82) is 0 Å². The van der Waals surface area contributed by atoms with E-state index in [1.165, 1.54) is 11.1 Å². The van der Waals surface area contributed by atoms with Gasteiger partial charge in [0.2, 0.25) is 0 Å². The fourth-order valence-corrected chi connectivity index (χ4v) is 3.11. The van der Waals surface area contributed by atoms with Gasteiger partial charge in [-0.25, -0.2) is 0 Å². The van der Waals surface area contributed by atoms with Gasteiger partial charge in [0.15, 0.2) is 0 Å². The van der Waals surface area contributed by atoms with E-state index in [9.17, 15) is 0 Å². The van der Waals surface area contributed by atoms with Crippen LogP contribution in [-0.4, -0.2) is 12.6 Å². The quantitative estimate of drug-likeness (QED) is 0.909. The van der Waals surface area contributed by atoms with Crippen LogP contribution in [-0.2, 0) is 6.42 Å². The topological polar surface area (TPSA) is 21.3 Å². The van der Waals surface area contributed by atoms with Crippen LogP contribution >= 0.6 is 11.6 Å². The maximum Gasteiger partial charge on any atom is 0.123 e. The van der Waals surface area contributed by atoms with Crippen LogP contribution in [0.25, 0.3) is 0 Å². The molecule has 2 atom stereocenters. The molecule has 2 nitrogen and oxygen atoms in total. The normalized spacial score (nSPS) is 18.1. The number of hydrogen-bond acceptors (Lipinski definition) is 2. The zero-order chi connectivity index (χ0) is 14.8. The molecular formula is C18H20ClNO. The lowest BCUT2D eigenvalue weighted by molar-refractivity contribution is 0.222. The zero-order valence-corrected chi connectivity index (χ0v) is 13.2. The molecule has 1 aliphatic rings. The molecular weight excluding hydrogens is 282 g/mol. The van der Waals surface area contributed by atoms with Crippen LogP contribution in [0.5, 0.6) is 5.75 Å². The van der Waals surface area contributed by atoms with Crippen molar-refractivity contribution in [2.75, 3.05) is 6.54 Å². The predicted molar refractivity (Wildman–Crippen MR) is 87.2 cm³/mol. The number of halogens is 1. The van der Waals surface area contributed by atoms with Crippen molar-refractivity contribution in [2.24, 2.45) is 0 Å². The number of hydrogen-bond donors (Lipinski definition) is 1. The Labute approximate surface area is 131 Å². The van der Waals surface area contributed by atoms with Crippen LogP contribution < -0.4 is 10.1 Å². The average molecular weight is 302 g/mol. The van der Waals surface area contributed by atoms with E-state index >= 15 is 0 Å². The van der Waals surface area contributed by atoms with Gasteiger partial charge in [-0.15, -0.1) is 0 Å². The molecule has 2 aromatic rings. The lowest BCUT2D eigenvalue weighted by Gasteiger charge is -2.18. The molecule has 110 valence electrons. The summed E-state index contributed by atoms with van der Waals surface area (Å²) in [5.41, 5.74) is 3.73. The zero-order valence-electron chi connectivity index (χ0n) is 12.4. The van der Waals surface area contributed by atoms with E-state index in [2.05, 4.69) is 43.4 Å². The Bertz CT molecular complexity index is 641. The van der Waals surface area contributed by atoms with E-state index in [1.807, 2.05) is 18.2 Å². The minimum absolute atomic E-state index is 0.201. The maximum atomic E-state index is 6.23. The first-order valence-electron chi connectivity index (χ1n) is 7.37. The Balaban J connectivity index is 1.59. The van der Waals surface area contributed by atoms with Crippen LogP contribution in [0.2, 0.25) is 5.02 Å². The molecule has 0 aliphatic carbocycles. The summed E-state index contributed by atoms with van der Waals surface area (Å²) in [5, 5.41) is 4.33. The molecule has 21 heavy (non-hydrogen) atoms. The summed E-state index contributed by atoms with van der Waals surface area (Å²) in [6.45, 7) is 5.07. The second kappa shape index (κ2) is 6.08. The van der Waals surface area contributed by atoms with Crippen LogP contribution in [0.15, 0.2) is 42.5 Å². The van der Waals surface area contributed by atoms with Crippen molar-refractivity contribution in [2.45, 2.75) is 32.4 Å². The lowest BCUT2D eigenvalue weighted by atomic mass is 10.1. The molecule has 0 saturated carbocycles. The molecule has 1 heterocycles. The summed E-state index contributed by atoms with van der Waals surface area (Å²) >= 11 is 6.23. The van der Waals surface area contributed by atoms with Gasteiger partial charge in [0.1, 0.15) is 11.9 Å². The second-order valence-corrected chi connectivity index (χ2v) is 6.11. The van der Waals surface area contributed by atoms with Gasteiger partial charge in [0, 0.05) is 24.0 Å². The van der Waals surface area contributed by atoms with Gasteiger partial charge in [0.05, 0.1) is 0 Å². The molecule has 1 unspecified atom stereocenters. The third-order valence-corrected chi connectivity index (χ3v) is 4.32. The molecule has 3 heteroatoms. The maximum absolute atomic E-state index is 6.23. The molecule has 0 fully saturated rings. The molecule has 3 rings (SSSR count). The molecule has 1 aliphatic heterocycles. The van der Waals surface area contributed by atoms with Gasteiger partial charge < -0.3 is 10.1 Å². The molecule has 0 radical (unpaired) electrons. The lowest BCUT2D eigenvalue weighted by Crippen LogP contribution is -2.32. The highest BCUT2D eigenvalue weighted by Crippen LogP contribution is 2.29.